The highest BCUT2D eigenvalue weighted by atomic mass is 19.4. The number of carboxylic acid groups (broad SMARTS) is 1. The van der Waals surface area contributed by atoms with Crippen LogP contribution in [0.4, 0.5) is 29.3 Å². The Labute approximate surface area is 161 Å². The lowest BCUT2D eigenvalue weighted by Crippen LogP contribution is -2.48. The number of hydrogen-bond donors (Lipinski definition) is 2. The summed E-state index contributed by atoms with van der Waals surface area (Å²) in [6, 6.07) is 14.0. The SMILES string of the molecule is O=C(O)N1CCN(c2ccc(NCCc3ccccc3)cc2C(F)(F)F)CC1. The molecule has 1 amide bonds. The standard InChI is InChI=1S/C20H22F3N3O2/c21-20(22,23)17-14-16(24-9-8-15-4-2-1-3-5-15)6-7-18(17)25-10-12-26(13-11-25)19(27)28/h1-7,14,24H,8-13H2,(H,27,28). The monoisotopic (exact) mass is 393 g/mol. The molecule has 2 N–H and O–H groups in total. The molecular formula is C20H22F3N3O2. The molecule has 0 aromatic heterocycles. The topological polar surface area (TPSA) is 55.8 Å². The number of carbonyl (C=O) groups is 1. The molecule has 0 unspecified atom stereocenters. The van der Waals surface area contributed by atoms with E-state index in [0.29, 0.717) is 18.7 Å². The minimum Gasteiger partial charge on any atom is -0.465 e. The number of hydrogen-bond acceptors (Lipinski definition) is 3. The van der Waals surface area contributed by atoms with Crippen LogP contribution >= 0.6 is 0 Å². The molecule has 8 heteroatoms. The highest BCUT2D eigenvalue weighted by molar-refractivity contribution is 5.66. The normalized spacial score (nSPS) is 14.8. The molecule has 0 radical (unpaired) electrons. The van der Waals surface area contributed by atoms with E-state index < -0.39 is 17.8 Å². The third-order valence-electron chi connectivity index (χ3n) is 4.78. The van der Waals surface area contributed by atoms with E-state index in [-0.39, 0.29) is 31.9 Å². The lowest BCUT2D eigenvalue weighted by Gasteiger charge is -2.36. The number of nitrogens with one attached hydrogen (secondary N) is 1. The van der Waals surface area contributed by atoms with Gasteiger partial charge in [-0.1, -0.05) is 30.3 Å². The predicted molar refractivity (Wildman–Crippen MR) is 102 cm³/mol. The van der Waals surface area contributed by atoms with Gasteiger partial charge < -0.3 is 20.2 Å². The first-order valence-electron chi connectivity index (χ1n) is 9.06. The lowest BCUT2D eigenvalue weighted by atomic mass is 10.1. The third-order valence-corrected chi connectivity index (χ3v) is 4.78. The summed E-state index contributed by atoms with van der Waals surface area (Å²) in [6.45, 7) is 1.36. The van der Waals surface area contributed by atoms with Crippen LogP contribution in [0, 0.1) is 0 Å². The predicted octanol–water partition coefficient (Wildman–Crippen LogP) is 4.16. The molecule has 1 aliphatic heterocycles. The van der Waals surface area contributed by atoms with Crippen molar-refractivity contribution in [3.63, 3.8) is 0 Å². The van der Waals surface area contributed by atoms with Gasteiger partial charge in [0, 0.05) is 44.1 Å². The van der Waals surface area contributed by atoms with Crippen molar-refractivity contribution < 1.29 is 23.1 Å². The summed E-state index contributed by atoms with van der Waals surface area (Å²) in [6.07, 6.45) is -4.83. The van der Waals surface area contributed by atoms with Crippen LogP contribution in [-0.2, 0) is 12.6 Å². The maximum atomic E-state index is 13.6. The van der Waals surface area contributed by atoms with E-state index in [4.69, 9.17) is 5.11 Å². The van der Waals surface area contributed by atoms with Crippen molar-refractivity contribution in [2.75, 3.05) is 42.9 Å². The fourth-order valence-corrected chi connectivity index (χ4v) is 3.28. The molecule has 1 heterocycles. The van der Waals surface area contributed by atoms with Crippen molar-refractivity contribution in [2.24, 2.45) is 0 Å². The van der Waals surface area contributed by atoms with E-state index in [1.807, 2.05) is 30.3 Å². The second kappa shape index (κ2) is 8.41. The average molecular weight is 393 g/mol. The van der Waals surface area contributed by atoms with Crippen LogP contribution in [0.15, 0.2) is 48.5 Å². The van der Waals surface area contributed by atoms with E-state index in [1.54, 1.807) is 11.0 Å². The minimum atomic E-state index is -4.49. The zero-order valence-corrected chi connectivity index (χ0v) is 15.2. The molecule has 0 spiro atoms. The van der Waals surface area contributed by atoms with Gasteiger partial charge in [0.2, 0.25) is 0 Å². The molecule has 2 aromatic carbocycles. The van der Waals surface area contributed by atoms with E-state index in [1.165, 1.54) is 11.0 Å². The van der Waals surface area contributed by atoms with Gasteiger partial charge in [0.05, 0.1) is 5.56 Å². The smallest absolute Gasteiger partial charge is 0.418 e. The van der Waals surface area contributed by atoms with Crippen LogP contribution in [0.5, 0.6) is 0 Å². The fourth-order valence-electron chi connectivity index (χ4n) is 3.28. The average Bonchev–Trinajstić information content (AvgIpc) is 2.68. The summed E-state index contributed by atoms with van der Waals surface area (Å²) in [5.74, 6) is 0. The van der Waals surface area contributed by atoms with Gasteiger partial charge in [-0.25, -0.2) is 4.79 Å². The summed E-state index contributed by atoms with van der Waals surface area (Å²) in [7, 11) is 0. The molecule has 2 aromatic rings. The molecule has 0 saturated carbocycles. The molecule has 28 heavy (non-hydrogen) atoms. The Morgan fingerprint density at radius 3 is 2.32 bits per heavy atom. The van der Waals surface area contributed by atoms with E-state index in [2.05, 4.69) is 5.32 Å². The van der Waals surface area contributed by atoms with Gasteiger partial charge in [-0.3, -0.25) is 0 Å². The largest absolute Gasteiger partial charge is 0.465 e. The molecule has 1 aliphatic rings. The minimum absolute atomic E-state index is 0.0890. The zero-order chi connectivity index (χ0) is 20.1. The number of nitrogens with zero attached hydrogens (tertiary/aromatic N) is 2. The molecule has 0 aliphatic carbocycles. The Bertz CT molecular complexity index is 804. The van der Waals surface area contributed by atoms with Crippen LogP contribution in [0.3, 0.4) is 0 Å². The van der Waals surface area contributed by atoms with E-state index in [9.17, 15) is 18.0 Å². The van der Waals surface area contributed by atoms with Crippen molar-refractivity contribution in [1.29, 1.82) is 0 Å². The molecule has 150 valence electrons. The summed E-state index contributed by atoms with van der Waals surface area (Å²) >= 11 is 0. The fraction of sp³-hybridized carbons (Fsp3) is 0.350. The number of piperazine rings is 1. The first kappa shape index (κ1) is 19.9. The highest BCUT2D eigenvalue weighted by Crippen LogP contribution is 2.38. The summed E-state index contributed by atoms with van der Waals surface area (Å²) < 4.78 is 40.8. The van der Waals surface area contributed by atoms with Gasteiger partial charge in [0.1, 0.15) is 0 Å². The van der Waals surface area contributed by atoms with Crippen LogP contribution in [-0.4, -0.2) is 48.8 Å². The quantitative estimate of drug-likeness (QED) is 0.801. The van der Waals surface area contributed by atoms with Crippen molar-refractivity contribution >= 4 is 17.5 Å². The number of benzene rings is 2. The maximum Gasteiger partial charge on any atom is 0.418 e. The first-order valence-corrected chi connectivity index (χ1v) is 9.06. The third kappa shape index (κ3) is 4.88. The second-order valence-electron chi connectivity index (χ2n) is 6.65. The number of amides is 1. The molecule has 1 saturated heterocycles. The molecule has 0 bridgehead atoms. The Morgan fingerprint density at radius 1 is 1.04 bits per heavy atom. The first-order chi connectivity index (χ1) is 13.3. The van der Waals surface area contributed by atoms with Crippen LogP contribution in [0.25, 0.3) is 0 Å². The molecule has 1 fully saturated rings. The van der Waals surface area contributed by atoms with Gasteiger partial charge in [0.25, 0.3) is 0 Å². The number of halogens is 3. The Morgan fingerprint density at radius 2 is 1.71 bits per heavy atom. The van der Waals surface area contributed by atoms with Crippen molar-refractivity contribution in [3.8, 4) is 0 Å². The Hall–Kier alpha value is -2.90. The second-order valence-corrected chi connectivity index (χ2v) is 6.65. The van der Waals surface area contributed by atoms with E-state index in [0.717, 1.165) is 11.6 Å². The van der Waals surface area contributed by atoms with Crippen molar-refractivity contribution in [2.45, 2.75) is 12.6 Å². The zero-order valence-electron chi connectivity index (χ0n) is 15.2. The number of anilines is 2. The van der Waals surface area contributed by atoms with Gasteiger partial charge in [-0.15, -0.1) is 0 Å². The number of rotatable bonds is 5. The summed E-state index contributed by atoms with van der Waals surface area (Å²) in [5.41, 5.74) is 0.905. The molecule has 3 rings (SSSR count). The number of alkyl halides is 3. The van der Waals surface area contributed by atoms with Crippen molar-refractivity contribution in [1.82, 2.24) is 4.90 Å². The molecule has 5 nitrogen and oxygen atoms in total. The van der Waals surface area contributed by atoms with Gasteiger partial charge in [-0.05, 0) is 30.2 Å². The Kier molecular flexibility index (Phi) is 5.96. The Balaban J connectivity index is 1.70. The van der Waals surface area contributed by atoms with E-state index >= 15 is 0 Å². The van der Waals surface area contributed by atoms with Crippen LogP contribution < -0.4 is 10.2 Å². The summed E-state index contributed by atoms with van der Waals surface area (Å²) in [4.78, 5) is 13.8. The summed E-state index contributed by atoms with van der Waals surface area (Å²) in [5, 5.41) is 12.1. The maximum absolute atomic E-state index is 13.6. The molecule has 0 atom stereocenters. The van der Waals surface area contributed by atoms with Gasteiger partial charge >= 0.3 is 12.3 Å². The van der Waals surface area contributed by atoms with Crippen molar-refractivity contribution in [3.05, 3.63) is 59.7 Å². The lowest BCUT2D eigenvalue weighted by molar-refractivity contribution is -0.137. The van der Waals surface area contributed by atoms with Crippen LogP contribution in [0.1, 0.15) is 11.1 Å². The van der Waals surface area contributed by atoms with Gasteiger partial charge in [-0.2, -0.15) is 13.2 Å². The van der Waals surface area contributed by atoms with Crippen LogP contribution in [0.2, 0.25) is 0 Å². The highest BCUT2D eigenvalue weighted by Gasteiger charge is 2.36. The van der Waals surface area contributed by atoms with Gasteiger partial charge in [0.15, 0.2) is 0 Å². The molecular weight excluding hydrogens is 371 g/mol.